The Hall–Kier alpha value is -5.11. The van der Waals surface area contributed by atoms with Crippen LogP contribution in [0.15, 0.2) is 168 Å². The summed E-state index contributed by atoms with van der Waals surface area (Å²) in [6.45, 7) is 4.01. The molecule has 0 N–H and O–H groups in total. The molecular formula is C48H48N3O12P3. The van der Waals surface area contributed by atoms with Crippen LogP contribution in [0.4, 0.5) is 0 Å². The summed E-state index contributed by atoms with van der Waals surface area (Å²) in [6, 6.07) is 51.2. The molecule has 5 atom stereocenters. The second kappa shape index (κ2) is 21.7. The van der Waals surface area contributed by atoms with Gasteiger partial charge in [-0.2, -0.15) is 0 Å². The maximum atomic E-state index is 7.43. The Balaban J connectivity index is 1.16. The van der Waals surface area contributed by atoms with E-state index in [1.807, 2.05) is 164 Å². The number of hydrogen-bond acceptors (Lipinski definition) is 15. The molecule has 6 aromatic rings. The highest BCUT2D eigenvalue weighted by Crippen LogP contribution is 2.78. The van der Waals surface area contributed by atoms with Crippen molar-refractivity contribution in [2.24, 2.45) is 4.52 Å². The monoisotopic (exact) mass is 951 g/mol. The molecule has 4 heterocycles. The van der Waals surface area contributed by atoms with E-state index in [4.69, 9.17) is 60.7 Å². The van der Waals surface area contributed by atoms with E-state index in [1.54, 1.807) is 9.21 Å². The fraction of sp³-hybridized carbons (Fsp3) is 0.250. The van der Waals surface area contributed by atoms with Crippen LogP contribution in [0.3, 0.4) is 0 Å². The van der Waals surface area contributed by atoms with Crippen LogP contribution >= 0.6 is 24.6 Å². The van der Waals surface area contributed by atoms with E-state index >= 15 is 0 Å². The summed E-state index contributed by atoms with van der Waals surface area (Å²) in [6.07, 6.45) is 0.203. The third-order valence-corrected chi connectivity index (χ3v) is 16.9. The number of rotatable bonds is 24. The third kappa shape index (κ3) is 12.1. The van der Waals surface area contributed by atoms with Gasteiger partial charge in [-0.1, -0.05) is 109 Å². The van der Waals surface area contributed by atoms with Crippen LogP contribution in [0.5, 0.6) is 34.5 Å². The second-order valence-electron chi connectivity index (χ2n) is 15.3. The van der Waals surface area contributed by atoms with Gasteiger partial charge in [0, 0.05) is 25.9 Å². The van der Waals surface area contributed by atoms with Crippen molar-refractivity contribution in [1.82, 2.24) is 9.21 Å². The van der Waals surface area contributed by atoms with Gasteiger partial charge >= 0.3 is 24.6 Å². The van der Waals surface area contributed by atoms with Crippen molar-refractivity contribution >= 4 is 24.6 Å². The van der Waals surface area contributed by atoms with Gasteiger partial charge in [0.15, 0.2) is 5.75 Å². The Morgan fingerprint density at radius 2 is 0.864 bits per heavy atom. The SMILES string of the molecule is c1ccc(ON2P(Oc3ccccc3)N=P(Oc3ccccc3COCC3CO3)(Oc3ccccc3COCC3CO3)N(Oc3ccccc3COCC3CO3)P2Oc2ccccc2)cc1. The van der Waals surface area contributed by atoms with E-state index in [-0.39, 0.29) is 38.1 Å². The fourth-order valence-electron chi connectivity index (χ4n) is 6.40. The van der Waals surface area contributed by atoms with Crippen molar-refractivity contribution in [3.8, 4) is 34.5 Å². The summed E-state index contributed by atoms with van der Waals surface area (Å²) in [5.41, 5.74) is 2.25. The largest absolute Gasteiger partial charge is 0.447 e. The van der Waals surface area contributed by atoms with Gasteiger partial charge in [-0.15, -0.1) is 4.52 Å². The topological polar surface area (TPSA) is 140 Å². The quantitative estimate of drug-likeness (QED) is 0.0420. The molecule has 0 amide bonds. The molecule has 10 rings (SSSR count). The van der Waals surface area contributed by atoms with Crippen LogP contribution in [0.1, 0.15) is 16.7 Å². The van der Waals surface area contributed by atoms with E-state index in [2.05, 4.69) is 0 Å². The minimum atomic E-state index is -4.12. The smallest absolute Gasteiger partial charge is 0.440 e. The van der Waals surface area contributed by atoms with Gasteiger partial charge in [-0.25, -0.2) is 0 Å². The summed E-state index contributed by atoms with van der Waals surface area (Å²) >= 11 is 0. The molecule has 66 heavy (non-hydrogen) atoms. The van der Waals surface area contributed by atoms with Gasteiger partial charge in [-0.05, 0) is 54.6 Å². The van der Waals surface area contributed by atoms with E-state index in [1.165, 1.54) is 0 Å². The summed E-state index contributed by atoms with van der Waals surface area (Å²) < 4.78 is 72.5. The van der Waals surface area contributed by atoms with Gasteiger partial charge in [0.2, 0.25) is 0 Å². The number of benzene rings is 6. The van der Waals surface area contributed by atoms with E-state index < -0.39 is 24.6 Å². The number of epoxide rings is 3. The van der Waals surface area contributed by atoms with Crippen molar-refractivity contribution in [2.45, 2.75) is 38.1 Å². The molecule has 15 nitrogen and oxygen atoms in total. The number of para-hydroxylation sites is 6. The molecule has 0 spiro atoms. The average molecular weight is 952 g/mol. The van der Waals surface area contributed by atoms with E-state index in [9.17, 15) is 0 Å². The first-order chi connectivity index (χ1) is 32.6. The number of ether oxygens (including phenoxy) is 6. The molecule has 342 valence electrons. The van der Waals surface area contributed by atoms with Gasteiger partial charge in [0.1, 0.15) is 47.1 Å². The molecule has 0 aromatic heterocycles. The zero-order valence-corrected chi connectivity index (χ0v) is 38.5. The van der Waals surface area contributed by atoms with Crippen molar-refractivity contribution < 1.29 is 56.2 Å². The number of hydrogen-bond donors (Lipinski definition) is 0. The number of nitrogens with zero attached hydrogens (tertiary/aromatic N) is 3. The van der Waals surface area contributed by atoms with Crippen LogP contribution in [-0.2, 0) is 48.2 Å². The molecule has 4 aliphatic rings. The van der Waals surface area contributed by atoms with Crippen LogP contribution in [-0.4, -0.2) is 67.2 Å². The lowest BCUT2D eigenvalue weighted by Crippen LogP contribution is -2.37. The zero-order valence-electron chi connectivity index (χ0n) is 35.8. The zero-order chi connectivity index (χ0) is 44.4. The van der Waals surface area contributed by atoms with E-state index in [0.29, 0.717) is 74.1 Å². The molecule has 18 heteroatoms. The normalized spacial score (nSPS) is 23.2. The Morgan fingerprint density at radius 1 is 0.470 bits per heavy atom. The highest BCUT2D eigenvalue weighted by Gasteiger charge is 2.58. The van der Waals surface area contributed by atoms with Crippen molar-refractivity contribution in [3.63, 3.8) is 0 Å². The van der Waals surface area contributed by atoms with Gasteiger partial charge in [0.25, 0.3) is 0 Å². The van der Waals surface area contributed by atoms with Gasteiger partial charge in [-0.3, -0.25) is 0 Å². The first kappa shape index (κ1) is 44.7. The Kier molecular flexibility index (Phi) is 14.7. The molecule has 5 unspecified atom stereocenters. The third-order valence-electron chi connectivity index (χ3n) is 10.1. The van der Waals surface area contributed by atoms with Crippen molar-refractivity contribution in [1.29, 1.82) is 0 Å². The summed E-state index contributed by atoms with van der Waals surface area (Å²) in [7, 11) is -8.68. The maximum Gasteiger partial charge on any atom is 0.447 e. The molecule has 0 bridgehead atoms. The lowest BCUT2D eigenvalue weighted by molar-refractivity contribution is 0.0496. The molecule has 0 saturated carbocycles. The molecule has 3 saturated heterocycles. The first-order valence-electron chi connectivity index (χ1n) is 21.5. The van der Waals surface area contributed by atoms with Gasteiger partial charge in [0.05, 0.1) is 59.5 Å². The molecular weight excluding hydrogens is 903 g/mol. The van der Waals surface area contributed by atoms with Crippen molar-refractivity contribution in [2.75, 3.05) is 39.6 Å². The molecule has 0 radical (unpaired) electrons. The predicted octanol–water partition coefficient (Wildman–Crippen LogP) is 11.1. The Bertz CT molecular complexity index is 2470. The summed E-state index contributed by atoms with van der Waals surface area (Å²) in [4.78, 5) is 14.1. The Morgan fingerprint density at radius 3 is 1.33 bits per heavy atom. The maximum absolute atomic E-state index is 7.43. The van der Waals surface area contributed by atoms with Crippen molar-refractivity contribution in [3.05, 3.63) is 180 Å². The highest BCUT2D eigenvalue weighted by atomic mass is 31.3. The molecule has 3 fully saturated rings. The molecule has 0 aliphatic carbocycles. The standard InChI is InChI=1S/C48H48N3O12P3/c1-4-19-40(20-5-1)58-50-64(60-41-21-6-2-7-22-41)49-66(62-47-26-14-11-17-38(47)29-53-32-44-35-56-44,63-48-27-15-12-18-39(48)30-54-33-45-36-57-45)51(65(50)61-42-23-8-3-9-24-42)59-46-25-13-10-16-37(46)28-52-31-43-34-55-43/h1-27,43-45H,28-36H2. The molecule has 4 aliphatic heterocycles. The average Bonchev–Trinajstić information content (AvgIpc) is 4.19. The highest BCUT2D eigenvalue weighted by molar-refractivity contribution is 7.78. The molecule has 6 aromatic carbocycles. The minimum absolute atomic E-state index is 0.0662. The van der Waals surface area contributed by atoms with E-state index in [0.717, 1.165) is 16.7 Å². The minimum Gasteiger partial charge on any atom is -0.440 e. The Labute approximate surface area is 385 Å². The van der Waals surface area contributed by atoms with Crippen LogP contribution < -0.4 is 27.8 Å². The van der Waals surface area contributed by atoms with Crippen LogP contribution in [0.25, 0.3) is 0 Å². The lowest BCUT2D eigenvalue weighted by atomic mass is 10.2. The fourth-order valence-corrected chi connectivity index (χ4v) is 14.0. The summed E-state index contributed by atoms with van der Waals surface area (Å²) in [5.74, 6) is 2.90. The lowest BCUT2D eigenvalue weighted by Gasteiger charge is -2.44. The van der Waals surface area contributed by atoms with Gasteiger partial charge < -0.3 is 56.2 Å². The summed E-state index contributed by atoms with van der Waals surface area (Å²) in [5, 5.41) is 0. The predicted molar refractivity (Wildman–Crippen MR) is 247 cm³/mol. The second-order valence-corrected chi connectivity index (χ2v) is 20.8. The van der Waals surface area contributed by atoms with Crippen LogP contribution in [0.2, 0.25) is 0 Å². The van der Waals surface area contributed by atoms with Crippen LogP contribution in [0, 0.1) is 0 Å². The first-order valence-corrected chi connectivity index (χ1v) is 25.4.